The highest BCUT2D eigenvalue weighted by molar-refractivity contribution is 5.84. The molecule has 1 atom stereocenters. The SMILES string of the molecule is O=C(C1CCCN1)N1CCC12CCC2. The van der Waals surface area contributed by atoms with E-state index in [0.717, 1.165) is 25.9 Å². The molecule has 0 aromatic carbocycles. The summed E-state index contributed by atoms with van der Waals surface area (Å²) < 4.78 is 0. The fraction of sp³-hybridized carbons (Fsp3) is 0.909. The lowest BCUT2D eigenvalue weighted by atomic mass is 9.67. The highest BCUT2D eigenvalue weighted by Gasteiger charge is 2.52. The number of rotatable bonds is 1. The Morgan fingerprint density at radius 2 is 2.14 bits per heavy atom. The standard InChI is InChI=1S/C11H18N2O/c14-10(9-3-1-7-12-9)13-8-6-11(13)4-2-5-11/h9,12H,1-8H2. The highest BCUT2D eigenvalue weighted by atomic mass is 16.2. The molecule has 2 saturated heterocycles. The largest absolute Gasteiger partial charge is 0.336 e. The Bertz CT molecular complexity index is 249. The van der Waals surface area contributed by atoms with E-state index in [1.54, 1.807) is 0 Å². The Morgan fingerprint density at radius 3 is 2.57 bits per heavy atom. The average molecular weight is 194 g/mol. The molecule has 0 aromatic rings. The molecular weight excluding hydrogens is 176 g/mol. The summed E-state index contributed by atoms with van der Waals surface area (Å²) in [7, 11) is 0. The van der Waals surface area contributed by atoms with Gasteiger partial charge in [-0.25, -0.2) is 0 Å². The Kier molecular flexibility index (Phi) is 1.84. The van der Waals surface area contributed by atoms with Crippen molar-refractivity contribution in [3.05, 3.63) is 0 Å². The van der Waals surface area contributed by atoms with Crippen LogP contribution < -0.4 is 5.32 Å². The topological polar surface area (TPSA) is 32.3 Å². The van der Waals surface area contributed by atoms with Crippen LogP contribution in [0.5, 0.6) is 0 Å². The minimum absolute atomic E-state index is 0.146. The zero-order valence-corrected chi connectivity index (χ0v) is 8.59. The Balaban J connectivity index is 1.67. The number of carbonyl (C=O) groups is 1. The Morgan fingerprint density at radius 1 is 1.29 bits per heavy atom. The quantitative estimate of drug-likeness (QED) is 0.672. The maximum absolute atomic E-state index is 12.1. The zero-order valence-electron chi connectivity index (χ0n) is 8.59. The summed E-state index contributed by atoms with van der Waals surface area (Å²) >= 11 is 0. The summed E-state index contributed by atoms with van der Waals surface area (Å²) in [5, 5.41) is 3.30. The molecule has 1 saturated carbocycles. The number of amides is 1. The van der Waals surface area contributed by atoms with Crippen LogP contribution in [0.15, 0.2) is 0 Å². The molecule has 0 aromatic heterocycles. The number of likely N-dealkylation sites (tertiary alicyclic amines) is 1. The van der Waals surface area contributed by atoms with Crippen molar-refractivity contribution in [2.24, 2.45) is 0 Å². The second-order valence-electron chi connectivity index (χ2n) is 4.97. The molecule has 3 aliphatic rings. The van der Waals surface area contributed by atoms with E-state index in [0.29, 0.717) is 11.4 Å². The van der Waals surface area contributed by atoms with Crippen molar-refractivity contribution < 1.29 is 4.79 Å². The van der Waals surface area contributed by atoms with Crippen LogP contribution in [0.25, 0.3) is 0 Å². The predicted molar refractivity (Wildman–Crippen MR) is 53.9 cm³/mol. The van der Waals surface area contributed by atoms with Gasteiger partial charge in [-0.05, 0) is 45.1 Å². The lowest BCUT2D eigenvalue weighted by Gasteiger charge is -2.59. The molecule has 2 aliphatic heterocycles. The van der Waals surface area contributed by atoms with Crippen molar-refractivity contribution >= 4 is 5.91 Å². The molecule has 1 N–H and O–H groups in total. The van der Waals surface area contributed by atoms with Gasteiger partial charge in [0.25, 0.3) is 0 Å². The molecule has 0 bridgehead atoms. The summed E-state index contributed by atoms with van der Waals surface area (Å²) in [4.78, 5) is 14.3. The molecular formula is C11H18N2O. The highest BCUT2D eigenvalue weighted by Crippen LogP contribution is 2.47. The first-order chi connectivity index (χ1) is 6.82. The number of hydrogen-bond acceptors (Lipinski definition) is 2. The van der Waals surface area contributed by atoms with Crippen molar-refractivity contribution in [1.82, 2.24) is 10.2 Å². The van der Waals surface area contributed by atoms with E-state index in [1.807, 2.05) is 0 Å². The van der Waals surface area contributed by atoms with Gasteiger partial charge in [-0.1, -0.05) is 0 Å². The second kappa shape index (κ2) is 2.96. The molecule has 2 heterocycles. The molecule has 14 heavy (non-hydrogen) atoms. The predicted octanol–water partition coefficient (Wildman–Crippen LogP) is 0.893. The first-order valence-corrected chi connectivity index (χ1v) is 5.87. The van der Waals surface area contributed by atoms with Crippen molar-refractivity contribution in [2.45, 2.75) is 50.1 Å². The summed E-state index contributed by atoms with van der Waals surface area (Å²) in [6.07, 6.45) is 7.30. The van der Waals surface area contributed by atoms with Crippen LogP contribution in [0.2, 0.25) is 0 Å². The molecule has 78 valence electrons. The molecule has 3 rings (SSSR count). The molecule has 1 unspecified atom stereocenters. The average Bonchev–Trinajstić information content (AvgIpc) is 2.50. The van der Waals surface area contributed by atoms with Gasteiger partial charge in [0, 0.05) is 12.1 Å². The molecule has 0 radical (unpaired) electrons. The van der Waals surface area contributed by atoms with E-state index in [1.165, 1.54) is 25.7 Å². The van der Waals surface area contributed by atoms with Crippen LogP contribution in [-0.2, 0) is 4.79 Å². The van der Waals surface area contributed by atoms with Crippen LogP contribution in [0.1, 0.15) is 38.5 Å². The van der Waals surface area contributed by atoms with Crippen LogP contribution in [0.4, 0.5) is 0 Å². The smallest absolute Gasteiger partial charge is 0.240 e. The molecule has 1 spiro atoms. The van der Waals surface area contributed by atoms with E-state index >= 15 is 0 Å². The third-order valence-corrected chi connectivity index (χ3v) is 4.28. The third-order valence-electron chi connectivity index (χ3n) is 4.28. The van der Waals surface area contributed by atoms with Crippen molar-refractivity contribution in [2.75, 3.05) is 13.1 Å². The molecule has 3 fully saturated rings. The van der Waals surface area contributed by atoms with Gasteiger partial charge in [0.1, 0.15) is 0 Å². The van der Waals surface area contributed by atoms with Crippen LogP contribution in [0, 0.1) is 0 Å². The number of nitrogens with zero attached hydrogens (tertiary/aromatic N) is 1. The van der Waals surface area contributed by atoms with Crippen LogP contribution in [0.3, 0.4) is 0 Å². The zero-order chi connectivity index (χ0) is 9.60. The minimum atomic E-state index is 0.146. The van der Waals surface area contributed by atoms with Gasteiger partial charge in [0.05, 0.1) is 6.04 Å². The lowest BCUT2D eigenvalue weighted by molar-refractivity contribution is -0.157. The first-order valence-electron chi connectivity index (χ1n) is 5.87. The summed E-state index contributed by atoms with van der Waals surface area (Å²) in [6.45, 7) is 2.04. The van der Waals surface area contributed by atoms with E-state index < -0.39 is 0 Å². The minimum Gasteiger partial charge on any atom is -0.336 e. The van der Waals surface area contributed by atoms with Gasteiger partial charge in [0.2, 0.25) is 5.91 Å². The Hall–Kier alpha value is -0.570. The fourth-order valence-corrected chi connectivity index (χ4v) is 3.07. The molecule has 1 aliphatic carbocycles. The normalized spacial score (nSPS) is 34.0. The van der Waals surface area contributed by atoms with Gasteiger partial charge in [-0.15, -0.1) is 0 Å². The van der Waals surface area contributed by atoms with Crippen molar-refractivity contribution in [1.29, 1.82) is 0 Å². The van der Waals surface area contributed by atoms with Crippen LogP contribution >= 0.6 is 0 Å². The number of carbonyl (C=O) groups excluding carboxylic acids is 1. The Labute approximate surface area is 84.8 Å². The lowest BCUT2D eigenvalue weighted by Crippen LogP contribution is -2.67. The van der Waals surface area contributed by atoms with Gasteiger partial charge < -0.3 is 10.2 Å². The van der Waals surface area contributed by atoms with E-state index in [9.17, 15) is 4.79 Å². The number of nitrogens with one attached hydrogen (secondary N) is 1. The maximum Gasteiger partial charge on any atom is 0.240 e. The van der Waals surface area contributed by atoms with E-state index in [-0.39, 0.29) is 6.04 Å². The molecule has 3 nitrogen and oxygen atoms in total. The van der Waals surface area contributed by atoms with Crippen molar-refractivity contribution in [3.63, 3.8) is 0 Å². The van der Waals surface area contributed by atoms with Crippen molar-refractivity contribution in [3.8, 4) is 0 Å². The van der Waals surface area contributed by atoms with Crippen LogP contribution in [-0.4, -0.2) is 35.5 Å². The second-order valence-corrected chi connectivity index (χ2v) is 4.97. The van der Waals surface area contributed by atoms with E-state index in [2.05, 4.69) is 10.2 Å². The first kappa shape index (κ1) is 8.72. The summed E-state index contributed by atoms with van der Waals surface area (Å²) in [6, 6.07) is 0.146. The molecule has 1 amide bonds. The third kappa shape index (κ3) is 1.05. The fourth-order valence-electron chi connectivity index (χ4n) is 3.07. The summed E-state index contributed by atoms with van der Waals surface area (Å²) in [5.41, 5.74) is 0.335. The van der Waals surface area contributed by atoms with Gasteiger partial charge in [0.15, 0.2) is 0 Å². The van der Waals surface area contributed by atoms with Gasteiger partial charge in [-0.3, -0.25) is 4.79 Å². The van der Waals surface area contributed by atoms with Gasteiger partial charge in [-0.2, -0.15) is 0 Å². The summed E-state index contributed by atoms with van der Waals surface area (Å²) in [5.74, 6) is 0.383. The van der Waals surface area contributed by atoms with E-state index in [4.69, 9.17) is 0 Å². The maximum atomic E-state index is 12.1. The number of hydrogen-bond donors (Lipinski definition) is 1. The monoisotopic (exact) mass is 194 g/mol. The van der Waals surface area contributed by atoms with Gasteiger partial charge >= 0.3 is 0 Å². The molecule has 3 heteroatoms.